The van der Waals surface area contributed by atoms with Gasteiger partial charge in [0.15, 0.2) is 5.82 Å². The number of carbonyl (C=O) groups excluding carboxylic acids is 1. The van der Waals surface area contributed by atoms with Gasteiger partial charge >= 0.3 is 0 Å². The largest absolute Gasteiger partial charge is 0.335 e. The van der Waals surface area contributed by atoms with E-state index in [1.54, 1.807) is 18.5 Å². The van der Waals surface area contributed by atoms with Crippen molar-refractivity contribution in [1.82, 2.24) is 19.9 Å². The Morgan fingerprint density at radius 1 is 1.36 bits per heavy atom. The molecule has 0 atom stereocenters. The molecule has 0 spiro atoms. The van der Waals surface area contributed by atoms with Crippen LogP contribution in [-0.4, -0.2) is 31.5 Å². The first kappa shape index (κ1) is 17.4. The van der Waals surface area contributed by atoms with Gasteiger partial charge in [-0.1, -0.05) is 17.8 Å². The first-order chi connectivity index (χ1) is 12.0. The Morgan fingerprint density at radius 3 is 2.92 bits per heavy atom. The Kier molecular flexibility index (Phi) is 5.34. The van der Waals surface area contributed by atoms with Crippen molar-refractivity contribution in [2.75, 3.05) is 16.9 Å². The lowest BCUT2D eigenvalue weighted by Crippen LogP contribution is -2.16. The summed E-state index contributed by atoms with van der Waals surface area (Å²) in [4.78, 5) is 16.2. The average molecular weight is 419 g/mol. The third kappa shape index (κ3) is 4.18. The van der Waals surface area contributed by atoms with Gasteiger partial charge in [-0.15, -0.1) is 10.2 Å². The fourth-order valence-corrected chi connectivity index (χ4v) is 3.35. The van der Waals surface area contributed by atoms with Gasteiger partial charge in [-0.2, -0.15) is 0 Å². The van der Waals surface area contributed by atoms with Gasteiger partial charge < -0.3 is 11.2 Å². The third-order valence-corrected chi connectivity index (χ3v) is 4.91. The first-order valence-corrected chi connectivity index (χ1v) is 9.12. The molecular weight excluding hydrogens is 404 g/mol. The summed E-state index contributed by atoms with van der Waals surface area (Å²) < 4.78 is 2.20. The number of carbonyl (C=O) groups is 1. The Balaban J connectivity index is 1.64. The number of aryl methyl sites for hydroxylation is 1. The zero-order valence-corrected chi connectivity index (χ0v) is 15.7. The van der Waals surface area contributed by atoms with Crippen molar-refractivity contribution in [2.24, 2.45) is 0 Å². The topological polar surface area (TPSA) is 98.7 Å². The maximum atomic E-state index is 12.1. The van der Waals surface area contributed by atoms with Gasteiger partial charge in [-0.25, -0.2) is 4.68 Å². The Labute approximate surface area is 157 Å². The molecule has 0 radical (unpaired) electrons. The number of hydrogen-bond acceptors (Lipinski definition) is 6. The van der Waals surface area contributed by atoms with Crippen LogP contribution in [0.5, 0.6) is 0 Å². The Bertz CT molecular complexity index is 899. The van der Waals surface area contributed by atoms with Crippen molar-refractivity contribution in [1.29, 1.82) is 0 Å². The molecule has 2 aromatic heterocycles. The molecule has 1 aromatic carbocycles. The molecular formula is C16H15BrN6OS. The minimum atomic E-state index is -0.152. The molecule has 0 aliphatic carbocycles. The summed E-state index contributed by atoms with van der Waals surface area (Å²) in [7, 11) is 0. The average Bonchev–Trinajstić information content (AvgIpc) is 2.97. The molecule has 2 heterocycles. The molecule has 3 aromatic rings. The fraction of sp³-hybridized carbons (Fsp3) is 0.125. The number of hydrogen-bond donors (Lipinski definition) is 2. The highest BCUT2D eigenvalue weighted by Crippen LogP contribution is 2.24. The molecule has 128 valence electrons. The lowest BCUT2D eigenvalue weighted by atomic mass is 10.2. The molecule has 7 nitrogen and oxygen atoms in total. The number of benzene rings is 1. The molecule has 1 amide bonds. The van der Waals surface area contributed by atoms with E-state index < -0.39 is 0 Å². The number of nitrogens with one attached hydrogen (secondary N) is 1. The predicted octanol–water partition coefficient (Wildman–Crippen LogP) is 2.86. The lowest BCUT2D eigenvalue weighted by molar-refractivity contribution is -0.113. The maximum Gasteiger partial charge on any atom is 0.234 e. The van der Waals surface area contributed by atoms with Crippen LogP contribution in [0.2, 0.25) is 0 Å². The Hall–Kier alpha value is -2.39. The highest BCUT2D eigenvalue weighted by molar-refractivity contribution is 9.10. The number of pyridine rings is 1. The van der Waals surface area contributed by atoms with Crippen LogP contribution in [-0.2, 0) is 4.79 Å². The van der Waals surface area contributed by atoms with Crippen LogP contribution in [0.4, 0.5) is 5.69 Å². The molecule has 0 saturated heterocycles. The number of aromatic nitrogens is 4. The van der Waals surface area contributed by atoms with Crippen molar-refractivity contribution in [3.05, 3.63) is 52.8 Å². The van der Waals surface area contributed by atoms with E-state index in [-0.39, 0.29) is 11.7 Å². The first-order valence-electron chi connectivity index (χ1n) is 7.34. The number of nitrogen functional groups attached to an aromatic ring is 1. The minimum Gasteiger partial charge on any atom is -0.335 e. The molecule has 0 unspecified atom stereocenters. The van der Waals surface area contributed by atoms with Crippen LogP contribution in [0.25, 0.3) is 11.4 Å². The molecule has 25 heavy (non-hydrogen) atoms. The standard InChI is InChI=1S/C16H15BrN6OS/c1-10-4-5-13(12(17)7-10)20-14(24)9-25-16-22-21-15(23(16)18)11-3-2-6-19-8-11/h2-8H,9,18H2,1H3,(H,20,24). The summed E-state index contributed by atoms with van der Waals surface area (Å²) >= 11 is 4.65. The van der Waals surface area contributed by atoms with Crippen molar-refractivity contribution in [3.63, 3.8) is 0 Å². The highest BCUT2D eigenvalue weighted by atomic mass is 79.9. The number of halogens is 1. The molecule has 3 N–H and O–H groups in total. The van der Waals surface area contributed by atoms with Crippen molar-refractivity contribution in [2.45, 2.75) is 12.1 Å². The third-order valence-electron chi connectivity index (χ3n) is 3.32. The number of rotatable bonds is 5. The second-order valence-electron chi connectivity index (χ2n) is 5.24. The smallest absolute Gasteiger partial charge is 0.234 e. The van der Waals surface area contributed by atoms with Crippen molar-refractivity contribution in [3.8, 4) is 11.4 Å². The minimum absolute atomic E-state index is 0.152. The van der Waals surface area contributed by atoms with Crippen molar-refractivity contribution >= 4 is 39.3 Å². The van der Waals surface area contributed by atoms with E-state index in [1.165, 1.54) is 16.4 Å². The van der Waals surface area contributed by atoms with Gasteiger partial charge in [0.05, 0.1) is 11.4 Å². The molecule has 0 saturated carbocycles. The summed E-state index contributed by atoms with van der Waals surface area (Å²) in [6, 6.07) is 9.37. The zero-order valence-electron chi connectivity index (χ0n) is 13.3. The second-order valence-corrected chi connectivity index (χ2v) is 7.03. The van der Waals surface area contributed by atoms with E-state index in [1.807, 2.05) is 31.2 Å². The van der Waals surface area contributed by atoms with Crippen LogP contribution in [0, 0.1) is 6.92 Å². The number of anilines is 1. The molecule has 0 bridgehead atoms. The van der Waals surface area contributed by atoms with Crippen LogP contribution < -0.4 is 11.2 Å². The van der Waals surface area contributed by atoms with Gasteiger partial charge in [-0.05, 0) is 52.7 Å². The van der Waals surface area contributed by atoms with Crippen LogP contribution in [0.3, 0.4) is 0 Å². The summed E-state index contributed by atoms with van der Waals surface area (Å²) in [6.45, 7) is 1.99. The van der Waals surface area contributed by atoms with E-state index in [9.17, 15) is 4.79 Å². The maximum absolute atomic E-state index is 12.1. The lowest BCUT2D eigenvalue weighted by Gasteiger charge is -2.08. The molecule has 3 rings (SSSR count). The summed E-state index contributed by atoms with van der Waals surface area (Å²) in [5.41, 5.74) is 2.59. The quantitative estimate of drug-likeness (QED) is 0.488. The summed E-state index contributed by atoms with van der Waals surface area (Å²) in [6.07, 6.45) is 3.33. The van der Waals surface area contributed by atoms with Crippen LogP contribution in [0.1, 0.15) is 5.56 Å². The van der Waals surface area contributed by atoms with Crippen LogP contribution >= 0.6 is 27.7 Å². The van der Waals surface area contributed by atoms with Crippen LogP contribution in [0.15, 0.2) is 52.4 Å². The van der Waals surface area contributed by atoms with E-state index >= 15 is 0 Å². The molecule has 0 aliphatic heterocycles. The van der Waals surface area contributed by atoms with E-state index in [0.29, 0.717) is 11.0 Å². The number of nitrogens with zero attached hydrogens (tertiary/aromatic N) is 4. The monoisotopic (exact) mass is 418 g/mol. The van der Waals surface area contributed by atoms with Gasteiger partial charge in [0.1, 0.15) is 0 Å². The number of amides is 1. The van der Waals surface area contributed by atoms with Gasteiger partial charge in [0.2, 0.25) is 11.1 Å². The molecule has 9 heteroatoms. The second kappa shape index (κ2) is 7.66. The fourth-order valence-electron chi connectivity index (χ4n) is 2.11. The van der Waals surface area contributed by atoms with E-state index in [2.05, 4.69) is 36.4 Å². The Morgan fingerprint density at radius 2 is 2.20 bits per heavy atom. The number of nitrogens with two attached hydrogens (primary N) is 1. The zero-order chi connectivity index (χ0) is 17.8. The normalized spacial score (nSPS) is 10.6. The van der Waals surface area contributed by atoms with Crippen molar-refractivity contribution < 1.29 is 4.79 Å². The molecule has 0 fully saturated rings. The summed E-state index contributed by atoms with van der Waals surface area (Å²) in [5.74, 6) is 6.53. The predicted molar refractivity (Wildman–Crippen MR) is 102 cm³/mol. The highest BCUT2D eigenvalue weighted by Gasteiger charge is 2.14. The number of thioether (sulfide) groups is 1. The van der Waals surface area contributed by atoms with E-state index in [4.69, 9.17) is 5.84 Å². The summed E-state index contributed by atoms with van der Waals surface area (Å²) in [5, 5.41) is 11.4. The van der Waals surface area contributed by atoms with Gasteiger partial charge in [-0.3, -0.25) is 9.78 Å². The van der Waals surface area contributed by atoms with Gasteiger partial charge in [0.25, 0.3) is 0 Å². The SMILES string of the molecule is Cc1ccc(NC(=O)CSc2nnc(-c3cccnc3)n2N)c(Br)c1. The molecule has 0 aliphatic rings. The van der Waals surface area contributed by atoms with E-state index in [0.717, 1.165) is 21.3 Å². The van der Waals surface area contributed by atoms with Gasteiger partial charge in [0, 0.05) is 22.4 Å².